The molecule has 0 aromatic heterocycles. The van der Waals surface area contributed by atoms with Crippen molar-refractivity contribution in [3.8, 4) is 0 Å². The van der Waals surface area contributed by atoms with Crippen LogP contribution in [-0.4, -0.2) is 36.2 Å². The summed E-state index contributed by atoms with van der Waals surface area (Å²) in [5, 5.41) is 9.48. The summed E-state index contributed by atoms with van der Waals surface area (Å²) in [6.45, 7) is 12.5. The highest BCUT2D eigenvalue weighted by molar-refractivity contribution is 4.77. The van der Waals surface area contributed by atoms with E-state index < -0.39 is 0 Å². The van der Waals surface area contributed by atoms with Gasteiger partial charge in [-0.2, -0.15) is 0 Å². The van der Waals surface area contributed by atoms with E-state index >= 15 is 0 Å². The van der Waals surface area contributed by atoms with Crippen molar-refractivity contribution in [2.24, 2.45) is 5.41 Å². The van der Waals surface area contributed by atoms with Gasteiger partial charge in [0.2, 0.25) is 0 Å². The van der Waals surface area contributed by atoms with E-state index in [1.165, 1.54) is 12.8 Å². The van der Waals surface area contributed by atoms with Crippen molar-refractivity contribution in [3.63, 3.8) is 0 Å². The van der Waals surface area contributed by atoms with Crippen LogP contribution in [-0.2, 0) is 0 Å². The molecule has 0 spiro atoms. The number of rotatable bonds is 9. The van der Waals surface area contributed by atoms with E-state index in [1.54, 1.807) is 0 Å². The highest BCUT2D eigenvalue weighted by Gasteiger charge is 2.24. The second kappa shape index (κ2) is 8.12. The van der Waals surface area contributed by atoms with Crippen LogP contribution in [0.2, 0.25) is 0 Å². The zero-order valence-electron chi connectivity index (χ0n) is 11.1. The van der Waals surface area contributed by atoms with E-state index in [9.17, 15) is 5.11 Å². The van der Waals surface area contributed by atoms with Crippen LogP contribution in [0, 0.1) is 5.41 Å². The largest absolute Gasteiger partial charge is 0.396 e. The Morgan fingerprint density at radius 3 is 1.87 bits per heavy atom. The van der Waals surface area contributed by atoms with Gasteiger partial charge in [-0.25, -0.2) is 0 Å². The highest BCUT2D eigenvalue weighted by atomic mass is 16.3. The van der Waals surface area contributed by atoms with Crippen LogP contribution in [0.15, 0.2) is 0 Å². The zero-order valence-corrected chi connectivity index (χ0v) is 11.1. The minimum absolute atomic E-state index is 0.0963. The summed E-state index contributed by atoms with van der Waals surface area (Å²) < 4.78 is 0. The first kappa shape index (κ1) is 14.9. The van der Waals surface area contributed by atoms with Gasteiger partial charge in [-0.15, -0.1) is 0 Å². The third-order valence-electron chi connectivity index (χ3n) is 2.92. The lowest BCUT2D eigenvalue weighted by molar-refractivity contribution is 0.0796. The minimum atomic E-state index is 0.0963. The first-order valence-electron chi connectivity index (χ1n) is 6.45. The van der Waals surface area contributed by atoms with Crippen LogP contribution in [0.5, 0.6) is 0 Å². The van der Waals surface area contributed by atoms with Crippen LogP contribution >= 0.6 is 0 Å². The first-order chi connectivity index (χ1) is 7.11. The van der Waals surface area contributed by atoms with Crippen molar-refractivity contribution < 1.29 is 5.11 Å². The lowest BCUT2D eigenvalue weighted by Gasteiger charge is -2.34. The molecule has 0 aromatic rings. The van der Waals surface area contributed by atoms with Crippen molar-refractivity contribution in [2.75, 3.05) is 26.2 Å². The van der Waals surface area contributed by atoms with Crippen molar-refractivity contribution in [1.82, 2.24) is 4.90 Å². The quantitative estimate of drug-likeness (QED) is 0.639. The van der Waals surface area contributed by atoms with E-state index in [4.69, 9.17) is 0 Å². The number of aliphatic hydroxyl groups excluding tert-OH is 1. The van der Waals surface area contributed by atoms with Gasteiger partial charge in [-0.1, -0.05) is 34.1 Å². The maximum atomic E-state index is 9.48. The fraction of sp³-hybridized carbons (Fsp3) is 1.00. The normalized spacial score (nSPS) is 15.6. The SMILES string of the molecule is CCCN(CCC)CC(C)(CO)CCC. The average molecular weight is 215 g/mol. The van der Waals surface area contributed by atoms with Gasteiger partial charge in [0.15, 0.2) is 0 Å². The van der Waals surface area contributed by atoms with E-state index in [0.717, 1.165) is 32.5 Å². The Bertz CT molecular complexity index is 143. The van der Waals surface area contributed by atoms with Gasteiger partial charge in [0.1, 0.15) is 0 Å². The molecule has 15 heavy (non-hydrogen) atoms. The topological polar surface area (TPSA) is 23.5 Å². The standard InChI is InChI=1S/C13H29NO/c1-5-8-13(4,12-15)11-14(9-6-2)10-7-3/h15H,5-12H2,1-4H3. The molecule has 92 valence electrons. The van der Waals surface area contributed by atoms with Crippen LogP contribution in [0.3, 0.4) is 0 Å². The maximum absolute atomic E-state index is 9.48. The minimum Gasteiger partial charge on any atom is -0.396 e. The molecule has 1 unspecified atom stereocenters. The van der Waals surface area contributed by atoms with Gasteiger partial charge >= 0.3 is 0 Å². The van der Waals surface area contributed by atoms with E-state index in [2.05, 4.69) is 32.6 Å². The first-order valence-corrected chi connectivity index (χ1v) is 6.45. The van der Waals surface area contributed by atoms with Crippen molar-refractivity contribution >= 4 is 0 Å². The Kier molecular flexibility index (Phi) is 8.07. The summed E-state index contributed by atoms with van der Waals surface area (Å²) in [6, 6.07) is 0. The molecule has 0 rings (SSSR count). The molecule has 0 aliphatic rings. The van der Waals surface area contributed by atoms with Crippen LogP contribution in [0.4, 0.5) is 0 Å². The number of nitrogens with zero attached hydrogens (tertiary/aromatic N) is 1. The molecular formula is C13H29NO. The van der Waals surface area contributed by atoms with E-state index in [1.807, 2.05) is 0 Å². The summed E-state index contributed by atoms with van der Waals surface area (Å²) in [4.78, 5) is 2.49. The molecule has 0 saturated carbocycles. The number of aliphatic hydroxyl groups is 1. The average Bonchev–Trinajstić information content (AvgIpc) is 2.19. The number of hydrogen-bond acceptors (Lipinski definition) is 2. The molecular weight excluding hydrogens is 186 g/mol. The fourth-order valence-corrected chi connectivity index (χ4v) is 2.25. The van der Waals surface area contributed by atoms with Crippen LogP contribution < -0.4 is 0 Å². The molecule has 2 nitrogen and oxygen atoms in total. The molecule has 0 heterocycles. The molecule has 1 atom stereocenters. The Balaban J connectivity index is 4.19. The Morgan fingerprint density at radius 2 is 1.53 bits per heavy atom. The monoisotopic (exact) mass is 215 g/mol. The van der Waals surface area contributed by atoms with Gasteiger partial charge in [0.05, 0.1) is 0 Å². The van der Waals surface area contributed by atoms with Crippen molar-refractivity contribution in [2.45, 2.75) is 53.4 Å². The molecule has 0 fully saturated rings. The zero-order chi connectivity index (χ0) is 11.7. The molecule has 0 amide bonds. The summed E-state index contributed by atoms with van der Waals surface area (Å²) in [5.41, 5.74) is 0.0963. The molecule has 0 saturated heterocycles. The lowest BCUT2D eigenvalue weighted by Crippen LogP contribution is -2.39. The predicted octanol–water partition coefficient (Wildman–Crippen LogP) is 2.91. The maximum Gasteiger partial charge on any atom is 0.0497 e. The summed E-state index contributed by atoms with van der Waals surface area (Å²) in [7, 11) is 0. The summed E-state index contributed by atoms with van der Waals surface area (Å²) in [6.07, 6.45) is 4.68. The second-order valence-electron chi connectivity index (χ2n) is 4.99. The van der Waals surface area contributed by atoms with Crippen molar-refractivity contribution in [3.05, 3.63) is 0 Å². The molecule has 0 radical (unpaired) electrons. The number of hydrogen-bond donors (Lipinski definition) is 1. The summed E-state index contributed by atoms with van der Waals surface area (Å²) >= 11 is 0. The summed E-state index contributed by atoms with van der Waals surface area (Å²) in [5.74, 6) is 0. The van der Waals surface area contributed by atoms with E-state index in [0.29, 0.717) is 6.61 Å². The van der Waals surface area contributed by atoms with E-state index in [-0.39, 0.29) is 5.41 Å². The molecule has 0 bridgehead atoms. The van der Waals surface area contributed by atoms with Crippen molar-refractivity contribution in [1.29, 1.82) is 0 Å². The Morgan fingerprint density at radius 1 is 1.00 bits per heavy atom. The Labute approximate surface area is 95.7 Å². The highest BCUT2D eigenvalue weighted by Crippen LogP contribution is 2.24. The Hall–Kier alpha value is -0.0800. The third-order valence-corrected chi connectivity index (χ3v) is 2.92. The lowest BCUT2D eigenvalue weighted by atomic mass is 9.86. The molecule has 0 aromatic carbocycles. The fourth-order valence-electron chi connectivity index (χ4n) is 2.25. The van der Waals surface area contributed by atoms with Gasteiger partial charge in [0, 0.05) is 18.6 Å². The third kappa shape index (κ3) is 6.16. The smallest absolute Gasteiger partial charge is 0.0497 e. The predicted molar refractivity (Wildman–Crippen MR) is 67.1 cm³/mol. The molecule has 2 heteroatoms. The second-order valence-corrected chi connectivity index (χ2v) is 4.99. The molecule has 0 aliphatic carbocycles. The van der Waals surface area contributed by atoms with Gasteiger partial charge in [-0.05, 0) is 32.4 Å². The van der Waals surface area contributed by atoms with Crippen LogP contribution in [0.25, 0.3) is 0 Å². The van der Waals surface area contributed by atoms with Crippen LogP contribution in [0.1, 0.15) is 53.4 Å². The molecule has 0 aliphatic heterocycles. The van der Waals surface area contributed by atoms with Gasteiger partial charge < -0.3 is 10.0 Å². The van der Waals surface area contributed by atoms with Gasteiger partial charge in [-0.3, -0.25) is 0 Å². The molecule has 1 N–H and O–H groups in total. The van der Waals surface area contributed by atoms with Gasteiger partial charge in [0.25, 0.3) is 0 Å².